The fourth-order valence-electron chi connectivity index (χ4n) is 2.83. The third-order valence-electron chi connectivity index (χ3n) is 4.20. The van der Waals surface area contributed by atoms with Gasteiger partial charge in [0, 0.05) is 13.1 Å². The van der Waals surface area contributed by atoms with E-state index in [-0.39, 0.29) is 5.91 Å². The Balaban J connectivity index is 2.07. The number of nitrogens with zero attached hydrogens (tertiary/aromatic N) is 2. The first kappa shape index (κ1) is 15.0. The first-order valence-electron chi connectivity index (χ1n) is 7.40. The van der Waals surface area contributed by atoms with Gasteiger partial charge in [0.1, 0.15) is 0 Å². The average Bonchev–Trinajstić information content (AvgIpc) is 2.79. The number of amides is 1. The molecule has 0 aliphatic heterocycles. The smallest absolute Gasteiger partial charge is 0.236 e. The van der Waals surface area contributed by atoms with Crippen molar-refractivity contribution in [1.29, 1.82) is 0 Å². The fourth-order valence-corrected chi connectivity index (χ4v) is 2.83. The van der Waals surface area contributed by atoms with Crippen LogP contribution in [0.4, 0.5) is 0 Å². The zero-order valence-corrected chi connectivity index (χ0v) is 13.3. The van der Waals surface area contributed by atoms with E-state index in [0.717, 1.165) is 12.8 Å². The second-order valence-electron chi connectivity index (χ2n) is 6.49. The van der Waals surface area contributed by atoms with Crippen molar-refractivity contribution in [2.75, 3.05) is 27.7 Å². The molecule has 2 rings (SSSR count). The van der Waals surface area contributed by atoms with Gasteiger partial charge in [0.25, 0.3) is 0 Å². The Morgan fingerprint density at radius 2 is 1.85 bits per heavy atom. The Morgan fingerprint density at radius 3 is 2.45 bits per heavy atom. The molecular weight excluding hydrogens is 248 g/mol. The normalized spacial score (nSPS) is 17.6. The molecule has 0 radical (unpaired) electrons. The van der Waals surface area contributed by atoms with Gasteiger partial charge in [-0.1, -0.05) is 32.0 Å². The van der Waals surface area contributed by atoms with Crippen molar-refractivity contribution in [3.63, 3.8) is 0 Å². The predicted molar refractivity (Wildman–Crippen MR) is 83.1 cm³/mol. The zero-order chi connectivity index (χ0) is 14.9. The van der Waals surface area contributed by atoms with Gasteiger partial charge in [-0.2, -0.15) is 0 Å². The minimum Gasteiger partial charge on any atom is -0.341 e. The molecule has 3 heteroatoms. The van der Waals surface area contributed by atoms with Crippen molar-refractivity contribution in [3.8, 4) is 0 Å². The predicted octanol–water partition coefficient (Wildman–Crippen LogP) is 2.30. The summed E-state index contributed by atoms with van der Waals surface area (Å²) in [5.74, 6) is 0.768. The van der Waals surface area contributed by atoms with E-state index in [0.29, 0.717) is 18.5 Å². The highest BCUT2D eigenvalue weighted by molar-refractivity contribution is 5.78. The minimum absolute atomic E-state index is 0.205. The summed E-state index contributed by atoms with van der Waals surface area (Å²) in [4.78, 5) is 16.0. The highest BCUT2D eigenvalue weighted by atomic mass is 16.2. The summed E-state index contributed by atoms with van der Waals surface area (Å²) in [6, 6.07) is 7.12. The number of hydrogen-bond donors (Lipinski definition) is 0. The van der Waals surface area contributed by atoms with Crippen molar-refractivity contribution in [3.05, 3.63) is 34.9 Å². The van der Waals surface area contributed by atoms with Crippen molar-refractivity contribution >= 4 is 5.91 Å². The maximum atomic E-state index is 12.2. The molecule has 1 aromatic rings. The maximum Gasteiger partial charge on any atom is 0.236 e. The van der Waals surface area contributed by atoms with Crippen LogP contribution in [0.1, 0.15) is 36.5 Å². The molecule has 1 amide bonds. The molecule has 0 N–H and O–H groups in total. The number of carbonyl (C=O) groups excluding carboxylic acids is 1. The molecule has 0 fully saturated rings. The first-order chi connectivity index (χ1) is 9.38. The van der Waals surface area contributed by atoms with E-state index in [1.807, 2.05) is 30.9 Å². The summed E-state index contributed by atoms with van der Waals surface area (Å²) in [7, 11) is 5.81. The lowest BCUT2D eigenvalue weighted by Gasteiger charge is -2.25. The Labute approximate surface area is 122 Å². The van der Waals surface area contributed by atoms with Gasteiger partial charge in [-0.05, 0) is 49.5 Å². The van der Waals surface area contributed by atoms with Crippen LogP contribution in [-0.2, 0) is 17.6 Å². The lowest BCUT2D eigenvalue weighted by molar-refractivity contribution is -0.132. The number of likely N-dealkylation sites (N-methyl/N-ethyl adjacent to an activating group) is 2. The molecule has 0 aromatic heterocycles. The first-order valence-corrected chi connectivity index (χ1v) is 7.40. The minimum atomic E-state index is 0.205. The highest BCUT2D eigenvalue weighted by Crippen LogP contribution is 2.28. The number of hydrogen-bond acceptors (Lipinski definition) is 2. The van der Waals surface area contributed by atoms with Crippen LogP contribution >= 0.6 is 0 Å². The average molecular weight is 274 g/mol. The Bertz CT molecular complexity index is 494. The largest absolute Gasteiger partial charge is 0.341 e. The molecule has 1 aliphatic carbocycles. The molecule has 1 atom stereocenters. The second kappa shape index (κ2) is 5.96. The SMILES string of the molecule is CC(C)c1ccc2c(c1)CC(N(C)C(=O)CN(C)C)C2. The van der Waals surface area contributed by atoms with Crippen LogP contribution in [0, 0.1) is 0 Å². The maximum absolute atomic E-state index is 12.2. The van der Waals surface area contributed by atoms with Crippen LogP contribution in [0.15, 0.2) is 18.2 Å². The summed E-state index contributed by atoms with van der Waals surface area (Å²) in [5, 5.41) is 0. The molecule has 0 bridgehead atoms. The molecule has 1 aliphatic rings. The van der Waals surface area contributed by atoms with Gasteiger partial charge in [0.05, 0.1) is 6.54 Å². The van der Waals surface area contributed by atoms with Crippen LogP contribution in [-0.4, -0.2) is 49.4 Å². The van der Waals surface area contributed by atoms with E-state index >= 15 is 0 Å². The van der Waals surface area contributed by atoms with Crippen LogP contribution in [0.5, 0.6) is 0 Å². The molecule has 1 aromatic carbocycles. The molecule has 0 spiro atoms. The van der Waals surface area contributed by atoms with Crippen LogP contribution in [0.2, 0.25) is 0 Å². The van der Waals surface area contributed by atoms with Crippen LogP contribution in [0.3, 0.4) is 0 Å². The van der Waals surface area contributed by atoms with E-state index in [1.165, 1.54) is 16.7 Å². The molecule has 110 valence electrons. The summed E-state index contributed by atoms with van der Waals surface area (Å²) in [5.41, 5.74) is 4.22. The Morgan fingerprint density at radius 1 is 1.20 bits per heavy atom. The number of benzene rings is 1. The topological polar surface area (TPSA) is 23.6 Å². The summed E-state index contributed by atoms with van der Waals surface area (Å²) in [6.45, 7) is 4.93. The van der Waals surface area contributed by atoms with Crippen molar-refractivity contribution in [1.82, 2.24) is 9.80 Å². The molecular formula is C17H26N2O. The number of fused-ring (bicyclic) bond motifs is 1. The van der Waals surface area contributed by atoms with Crippen molar-refractivity contribution < 1.29 is 4.79 Å². The molecule has 1 unspecified atom stereocenters. The lowest BCUT2D eigenvalue weighted by atomic mass is 9.99. The van der Waals surface area contributed by atoms with Crippen LogP contribution < -0.4 is 0 Å². The quantitative estimate of drug-likeness (QED) is 0.841. The third kappa shape index (κ3) is 3.21. The van der Waals surface area contributed by atoms with Gasteiger partial charge in [-0.15, -0.1) is 0 Å². The summed E-state index contributed by atoms with van der Waals surface area (Å²) < 4.78 is 0. The lowest BCUT2D eigenvalue weighted by Crippen LogP contribution is -2.42. The van der Waals surface area contributed by atoms with Gasteiger partial charge >= 0.3 is 0 Å². The van der Waals surface area contributed by atoms with Crippen molar-refractivity contribution in [2.45, 2.75) is 38.6 Å². The van der Waals surface area contributed by atoms with E-state index in [4.69, 9.17) is 0 Å². The molecule has 20 heavy (non-hydrogen) atoms. The van der Waals surface area contributed by atoms with Crippen LogP contribution in [0.25, 0.3) is 0 Å². The number of carbonyl (C=O) groups is 1. The monoisotopic (exact) mass is 274 g/mol. The third-order valence-corrected chi connectivity index (χ3v) is 4.20. The van der Waals surface area contributed by atoms with Gasteiger partial charge in [-0.25, -0.2) is 0 Å². The Hall–Kier alpha value is -1.35. The molecule has 0 saturated carbocycles. The van der Waals surface area contributed by atoms with E-state index in [1.54, 1.807) is 0 Å². The Kier molecular flexibility index (Phi) is 4.48. The zero-order valence-electron chi connectivity index (χ0n) is 13.3. The molecule has 0 saturated heterocycles. The summed E-state index contributed by atoms with van der Waals surface area (Å²) in [6.07, 6.45) is 1.98. The van der Waals surface area contributed by atoms with Gasteiger partial charge < -0.3 is 9.80 Å². The van der Waals surface area contributed by atoms with Gasteiger partial charge in [-0.3, -0.25) is 4.79 Å². The fraction of sp³-hybridized carbons (Fsp3) is 0.588. The number of rotatable bonds is 4. The van der Waals surface area contributed by atoms with E-state index < -0.39 is 0 Å². The van der Waals surface area contributed by atoms with Gasteiger partial charge in [0.15, 0.2) is 0 Å². The van der Waals surface area contributed by atoms with E-state index in [9.17, 15) is 4.79 Å². The van der Waals surface area contributed by atoms with E-state index in [2.05, 4.69) is 32.0 Å². The standard InChI is InChI=1S/C17H26N2O/c1-12(2)13-6-7-14-9-16(10-15(14)8-13)19(5)17(20)11-18(3)4/h6-8,12,16H,9-11H2,1-5H3. The van der Waals surface area contributed by atoms with Crippen molar-refractivity contribution in [2.24, 2.45) is 0 Å². The molecule has 0 heterocycles. The summed E-state index contributed by atoms with van der Waals surface area (Å²) >= 11 is 0. The van der Waals surface area contributed by atoms with Gasteiger partial charge in [0.2, 0.25) is 5.91 Å². The second-order valence-corrected chi connectivity index (χ2v) is 6.49. The highest BCUT2D eigenvalue weighted by Gasteiger charge is 2.27. The molecule has 3 nitrogen and oxygen atoms in total.